The minimum atomic E-state index is 0.00357. The lowest BCUT2D eigenvalue weighted by atomic mass is 10.0. The standard InChI is InChI=1S/C14H20N2O2/c1-10-8-12(18-2)5-6-13(10)14(17)16-11-4-3-7-15-9-11/h5-6,8,11,15H,3-4,7,9H2,1-2H3,(H,16,17)/t11-/m0/s1. The predicted octanol–water partition coefficient (Wildman–Crippen LogP) is 1.49. The summed E-state index contributed by atoms with van der Waals surface area (Å²) >= 11 is 0. The van der Waals surface area contributed by atoms with Crippen molar-refractivity contribution in [3.63, 3.8) is 0 Å². The first-order valence-electron chi connectivity index (χ1n) is 6.37. The molecule has 1 amide bonds. The predicted molar refractivity (Wildman–Crippen MR) is 71.1 cm³/mol. The summed E-state index contributed by atoms with van der Waals surface area (Å²) in [5.74, 6) is 0.784. The minimum absolute atomic E-state index is 0.00357. The largest absolute Gasteiger partial charge is 0.497 e. The topological polar surface area (TPSA) is 50.4 Å². The summed E-state index contributed by atoms with van der Waals surface area (Å²) in [6.07, 6.45) is 2.17. The highest BCUT2D eigenvalue weighted by Crippen LogP contribution is 2.17. The molecule has 1 aliphatic heterocycles. The van der Waals surface area contributed by atoms with Gasteiger partial charge in [0.05, 0.1) is 7.11 Å². The summed E-state index contributed by atoms with van der Waals surface area (Å²) in [5, 5.41) is 6.36. The molecule has 4 heteroatoms. The number of hydrogen-bond acceptors (Lipinski definition) is 3. The molecule has 0 aromatic heterocycles. The van der Waals surface area contributed by atoms with E-state index >= 15 is 0 Å². The Bertz CT molecular complexity index is 426. The lowest BCUT2D eigenvalue weighted by Gasteiger charge is -2.24. The van der Waals surface area contributed by atoms with Crippen LogP contribution in [0.15, 0.2) is 18.2 Å². The zero-order valence-corrected chi connectivity index (χ0v) is 11.0. The molecule has 0 radical (unpaired) electrons. The third kappa shape index (κ3) is 3.01. The van der Waals surface area contributed by atoms with E-state index < -0.39 is 0 Å². The number of rotatable bonds is 3. The number of aryl methyl sites for hydroxylation is 1. The molecule has 18 heavy (non-hydrogen) atoms. The lowest BCUT2D eigenvalue weighted by molar-refractivity contribution is 0.0930. The Hall–Kier alpha value is -1.55. The molecule has 2 N–H and O–H groups in total. The monoisotopic (exact) mass is 248 g/mol. The summed E-state index contributed by atoms with van der Waals surface area (Å²) in [4.78, 5) is 12.2. The molecule has 98 valence electrons. The van der Waals surface area contributed by atoms with Crippen LogP contribution in [0.2, 0.25) is 0 Å². The second kappa shape index (κ2) is 5.87. The molecule has 1 aliphatic rings. The molecule has 1 aromatic rings. The van der Waals surface area contributed by atoms with Gasteiger partial charge in [-0.15, -0.1) is 0 Å². The van der Waals surface area contributed by atoms with Crippen molar-refractivity contribution in [3.05, 3.63) is 29.3 Å². The van der Waals surface area contributed by atoms with E-state index in [0.29, 0.717) is 0 Å². The number of amides is 1. The molecule has 1 saturated heterocycles. The number of methoxy groups -OCH3 is 1. The SMILES string of the molecule is COc1ccc(C(=O)N[C@H]2CCCNC2)c(C)c1. The lowest BCUT2D eigenvalue weighted by Crippen LogP contribution is -2.45. The van der Waals surface area contributed by atoms with Gasteiger partial charge in [0.1, 0.15) is 5.75 Å². The normalized spacial score (nSPS) is 19.3. The maximum atomic E-state index is 12.2. The van der Waals surface area contributed by atoms with E-state index in [1.165, 1.54) is 0 Å². The fraction of sp³-hybridized carbons (Fsp3) is 0.500. The van der Waals surface area contributed by atoms with Crippen LogP contribution in [0, 0.1) is 6.92 Å². The van der Waals surface area contributed by atoms with E-state index in [1.807, 2.05) is 25.1 Å². The number of ether oxygens (including phenoxy) is 1. The van der Waals surface area contributed by atoms with Gasteiger partial charge in [0, 0.05) is 18.2 Å². The highest BCUT2D eigenvalue weighted by Gasteiger charge is 2.17. The third-order valence-corrected chi connectivity index (χ3v) is 3.31. The maximum absolute atomic E-state index is 12.2. The van der Waals surface area contributed by atoms with E-state index in [0.717, 1.165) is 42.8 Å². The smallest absolute Gasteiger partial charge is 0.251 e. The third-order valence-electron chi connectivity index (χ3n) is 3.31. The number of carbonyl (C=O) groups is 1. The second-order valence-electron chi connectivity index (χ2n) is 4.70. The van der Waals surface area contributed by atoms with Gasteiger partial charge in [-0.3, -0.25) is 4.79 Å². The quantitative estimate of drug-likeness (QED) is 0.852. The first kappa shape index (κ1) is 12.9. The Balaban J connectivity index is 2.03. The van der Waals surface area contributed by atoms with Crippen molar-refractivity contribution >= 4 is 5.91 Å². The molecule has 0 bridgehead atoms. The zero-order chi connectivity index (χ0) is 13.0. The number of hydrogen-bond donors (Lipinski definition) is 2. The Kier molecular flexibility index (Phi) is 4.20. The number of piperidine rings is 1. The fourth-order valence-electron chi connectivity index (χ4n) is 2.26. The van der Waals surface area contributed by atoms with Crippen molar-refractivity contribution in [2.45, 2.75) is 25.8 Å². The van der Waals surface area contributed by atoms with Crippen LogP contribution in [0.5, 0.6) is 5.75 Å². The van der Waals surface area contributed by atoms with Crippen molar-refractivity contribution in [2.24, 2.45) is 0 Å². The second-order valence-corrected chi connectivity index (χ2v) is 4.70. The fourth-order valence-corrected chi connectivity index (χ4v) is 2.26. The summed E-state index contributed by atoms with van der Waals surface area (Å²) in [6, 6.07) is 5.77. The van der Waals surface area contributed by atoms with Gasteiger partial charge in [-0.25, -0.2) is 0 Å². The van der Waals surface area contributed by atoms with E-state index in [9.17, 15) is 4.79 Å². The highest BCUT2D eigenvalue weighted by atomic mass is 16.5. The Morgan fingerprint density at radius 1 is 1.50 bits per heavy atom. The van der Waals surface area contributed by atoms with Gasteiger partial charge in [-0.1, -0.05) is 0 Å². The maximum Gasteiger partial charge on any atom is 0.251 e. The summed E-state index contributed by atoms with van der Waals surface area (Å²) in [7, 11) is 1.63. The molecular weight excluding hydrogens is 228 g/mol. The van der Waals surface area contributed by atoms with E-state index in [-0.39, 0.29) is 11.9 Å². The van der Waals surface area contributed by atoms with Crippen LogP contribution in [0.4, 0.5) is 0 Å². The molecule has 1 aromatic carbocycles. The van der Waals surface area contributed by atoms with Gasteiger partial charge in [-0.05, 0) is 50.1 Å². The zero-order valence-electron chi connectivity index (χ0n) is 11.0. The molecule has 1 atom stereocenters. The van der Waals surface area contributed by atoms with Crippen LogP contribution >= 0.6 is 0 Å². The summed E-state index contributed by atoms with van der Waals surface area (Å²) in [5.41, 5.74) is 1.66. The van der Waals surface area contributed by atoms with Gasteiger partial charge < -0.3 is 15.4 Å². The summed E-state index contributed by atoms with van der Waals surface area (Å²) < 4.78 is 5.14. The average molecular weight is 248 g/mol. The Morgan fingerprint density at radius 3 is 2.94 bits per heavy atom. The molecule has 0 spiro atoms. The van der Waals surface area contributed by atoms with Crippen LogP contribution in [0.3, 0.4) is 0 Å². The van der Waals surface area contributed by atoms with E-state index in [1.54, 1.807) is 7.11 Å². The number of nitrogens with one attached hydrogen (secondary N) is 2. The average Bonchev–Trinajstić information content (AvgIpc) is 2.39. The van der Waals surface area contributed by atoms with Crippen LogP contribution in [0.1, 0.15) is 28.8 Å². The Labute approximate surface area is 108 Å². The van der Waals surface area contributed by atoms with Gasteiger partial charge in [0.2, 0.25) is 0 Å². The highest BCUT2D eigenvalue weighted by molar-refractivity contribution is 5.96. The van der Waals surface area contributed by atoms with Gasteiger partial charge in [-0.2, -0.15) is 0 Å². The van der Waals surface area contributed by atoms with Gasteiger partial charge in [0.15, 0.2) is 0 Å². The number of carbonyl (C=O) groups excluding carboxylic acids is 1. The van der Waals surface area contributed by atoms with Crippen LogP contribution in [-0.2, 0) is 0 Å². The van der Waals surface area contributed by atoms with Crippen LogP contribution < -0.4 is 15.4 Å². The van der Waals surface area contributed by atoms with Crippen molar-refractivity contribution in [2.75, 3.05) is 20.2 Å². The van der Waals surface area contributed by atoms with E-state index in [2.05, 4.69) is 10.6 Å². The van der Waals surface area contributed by atoms with Crippen LogP contribution in [-0.4, -0.2) is 32.1 Å². The molecule has 1 fully saturated rings. The summed E-state index contributed by atoms with van der Waals surface area (Å²) in [6.45, 7) is 3.84. The molecule has 2 rings (SSSR count). The first-order chi connectivity index (χ1) is 8.70. The molecule has 0 unspecified atom stereocenters. The van der Waals surface area contributed by atoms with Gasteiger partial charge >= 0.3 is 0 Å². The van der Waals surface area contributed by atoms with E-state index in [4.69, 9.17) is 4.74 Å². The molecule has 1 heterocycles. The Morgan fingerprint density at radius 2 is 2.33 bits per heavy atom. The van der Waals surface area contributed by atoms with Crippen molar-refractivity contribution in [1.29, 1.82) is 0 Å². The number of benzene rings is 1. The molecule has 4 nitrogen and oxygen atoms in total. The molecule has 0 saturated carbocycles. The first-order valence-corrected chi connectivity index (χ1v) is 6.37. The van der Waals surface area contributed by atoms with Crippen molar-refractivity contribution in [3.8, 4) is 5.75 Å². The van der Waals surface area contributed by atoms with Crippen molar-refractivity contribution in [1.82, 2.24) is 10.6 Å². The van der Waals surface area contributed by atoms with Crippen LogP contribution in [0.25, 0.3) is 0 Å². The van der Waals surface area contributed by atoms with Crippen molar-refractivity contribution < 1.29 is 9.53 Å². The molecular formula is C14H20N2O2. The molecule has 0 aliphatic carbocycles. The minimum Gasteiger partial charge on any atom is -0.497 e. The van der Waals surface area contributed by atoms with Gasteiger partial charge in [0.25, 0.3) is 5.91 Å².